The van der Waals surface area contributed by atoms with E-state index in [4.69, 9.17) is 14.2 Å². The summed E-state index contributed by atoms with van der Waals surface area (Å²) in [5.41, 5.74) is 1.20. The predicted octanol–water partition coefficient (Wildman–Crippen LogP) is 1.69. The molecule has 1 fully saturated rings. The number of hydrogen-bond donors (Lipinski definition) is 1. The fraction of sp³-hybridized carbons (Fsp3) is 0.600. The number of aliphatic hydroxyl groups excluding tert-OH is 1. The number of hydrogen-bond acceptors (Lipinski definition) is 6. The molecule has 2 aliphatic heterocycles. The first-order valence-corrected chi connectivity index (χ1v) is 8.49. The van der Waals surface area contributed by atoms with E-state index in [1.165, 1.54) is 12.0 Å². The Bertz CT molecular complexity index is 465. The Hall–Kier alpha value is -0.950. The van der Waals surface area contributed by atoms with Crippen LogP contribution in [0, 0.1) is 0 Å². The Morgan fingerprint density at radius 3 is 2.86 bits per heavy atom. The van der Waals surface area contributed by atoms with Crippen LogP contribution in [0.3, 0.4) is 0 Å². The minimum atomic E-state index is -1.16. The summed E-state index contributed by atoms with van der Waals surface area (Å²) in [5, 5.41) is 9.25. The van der Waals surface area contributed by atoms with Gasteiger partial charge in [0, 0.05) is 18.8 Å². The number of nitrogens with zero attached hydrogens (tertiary/aromatic N) is 1. The van der Waals surface area contributed by atoms with Gasteiger partial charge in [0.05, 0.1) is 13.2 Å². The van der Waals surface area contributed by atoms with Crippen LogP contribution in [0.5, 0.6) is 11.5 Å². The van der Waals surface area contributed by atoms with Gasteiger partial charge in [0.2, 0.25) is 0 Å². The van der Waals surface area contributed by atoms with Crippen molar-refractivity contribution in [2.24, 2.45) is 0 Å². The molecule has 5 nitrogen and oxygen atoms in total. The molecule has 1 saturated heterocycles. The Kier molecular flexibility index (Phi) is 5.24. The number of thioether (sulfide) groups is 1. The van der Waals surface area contributed by atoms with Crippen LogP contribution in [0.15, 0.2) is 18.2 Å². The van der Waals surface area contributed by atoms with E-state index >= 15 is 0 Å². The lowest BCUT2D eigenvalue weighted by atomic mass is 10.2. The first-order valence-electron chi connectivity index (χ1n) is 7.33. The maximum absolute atomic E-state index is 9.25. The van der Waals surface area contributed by atoms with E-state index in [1.807, 2.05) is 30.0 Å². The van der Waals surface area contributed by atoms with Gasteiger partial charge in [-0.05, 0) is 36.4 Å². The van der Waals surface area contributed by atoms with Crippen molar-refractivity contribution < 1.29 is 19.3 Å². The second-order valence-electron chi connectivity index (χ2n) is 5.18. The van der Waals surface area contributed by atoms with E-state index in [9.17, 15) is 5.11 Å². The second-order valence-corrected chi connectivity index (χ2v) is 6.29. The third kappa shape index (κ3) is 4.26. The van der Waals surface area contributed by atoms with Crippen LogP contribution in [0.2, 0.25) is 0 Å². The minimum Gasteiger partial charge on any atom is -0.428 e. The summed E-state index contributed by atoms with van der Waals surface area (Å²) < 4.78 is 15.6. The quantitative estimate of drug-likeness (QED) is 0.807. The van der Waals surface area contributed by atoms with E-state index < -0.39 is 6.48 Å². The fourth-order valence-electron chi connectivity index (χ4n) is 2.48. The largest absolute Gasteiger partial charge is 0.428 e. The molecule has 1 aromatic rings. The monoisotopic (exact) mass is 311 g/mol. The molecule has 21 heavy (non-hydrogen) atoms. The number of rotatable bonds is 6. The Morgan fingerprint density at radius 1 is 1.19 bits per heavy atom. The molecule has 0 amide bonds. The number of ether oxygens (including phenoxy) is 3. The van der Waals surface area contributed by atoms with E-state index in [1.54, 1.807) is 0 Å². The molecule has 1 unspecified atom stereocenters. The Labute approximate surface area is 129 Å². The van der Waals surface area contributed by atoms with Crippen LogP contribution in [-0.4, -0.2) is 55.1 Å². The highest BCUT2D eigenvalue weighted by Crippen LogP contribution is 2.35. The molecule has 1 N–H and O–H groups in total. The molecule has 1 aromatic carbocycles. The molecule has 2 aliphatic rings. The molecule has 3 rings (SSSR count). The standard InChI is InChI=1S/C15H21NO4S/c17-15-19-13-3-2-12(10-14(13)20-15)11-21-9-1-4-16-5-7-18-8-6-16/h2-3,10,15,17H,1,4-9,11H2. The summed E-state index contributed by atoms with van der Waals surface area (Å²) in [6, 6.07) is 5.82. The van der Waals surface area contributed by atoms with E-state index in [-0.39, 0.29) is 0 Å². The number of benzene rings is 1. The van der Waals surface area contributed by atoms with Gasteiger partial charge in [-0.1, -0.05) is 6.07 Å². The molecule has 6 heteroatoms. The molecular formula is C15H21NO4S. The zero-order valence-electron chi connectivity index (χ0n) is 12.0. The van der Waals surface area contributed by atoms with Crippen molar-refractivity contribution in [3.8, 4) is 11.5 Å². The van der Waals surface area contributed by atoms with Gasteiger partial charge in [0.25, 0.3) is 0 Å². The van der Waals surface area contributed by atoms with Crippen LogP contribution in [0.1, 0.15) is 12.0 Å². The van der Waals surface area contributed by atoms with Gasteiger partial charge >= 0.3 is 6.48 Å². The van der Waals surface area contributed by atoms with Crippen LogP contribution in [0.4, 0.5) is 0 Å². The maximum Gasteiger partial charge on any atom is 0.358 e. The summed E-state index contributed by atoms with van der Waals surface area (Å²) >= 11 is 1.92. The average Bonchev–Trinajstić information content (AvgIpc) is 2.87. The van der Waals surface area contributed by atoms with Crippen LogP contribution < -0.4 is 9.47 Å². The number of morpholine rings is 1. The Morgan fingerprint density at radius 2 is 2.00 bits per heavy atom. The third-order valence-corrected chi connectivity index (χ3v) is 4.71. The zero-order chi connectivity index (χ0) is 14.5. The molecule has 116 valence electrons. The van der Waals surface area contributed by atoms with Gasteiger partial charge in [0.15, 0.2) is 11.5 Å². The zero-order valence-corrected chi connectivity index (χ0v) is 12.8. The smallest absolute Gasteiger partial charge is 0.358 e. The van der Waals surface area contributed by atoms with Crippen LogP contribution >= 0.6 is 11.8 Å². The minimum absolute atomic E-state index is 0.614. The van der Waals surface area contributed by atoms with Crippen molar-refractivity contribution in [2.75, 3.05) is 38.6 Å². The highest BCUT2D eigenvalue weighted by Gasteiger charge is 2.21. The van der Waals surface area contributed by atoms with Gasteiger partial charge < -0.3 is 19.3 Å². The highest BCUT2D eigenvalue weighted by atomic mass is 32.2. The van der Waals surface area contributed by atoms with Crippen molar-refractivity contribution in [1.29, 1.82) is 0 Å². The van der Waals surface area contributed by atoms with Crippen molar-refractivity contribution in [2.45, 2.75) is 18.6 Å². The summed E-state index contributed by atoms with van der Waals surface area (Å²) in [4.78, 5) is 2.46. The van der Waals surface area contributed by atoms with E-state index in [0.29, 0.717) is 11.5 Å². The van der Waals surface area contributed by atoms with E-state index in [0.717, 1.165) is 44.4 Å². The van der Waals surface area contributed by atoms with Crippen LogP contribution in [-0.2, 0) is 10.5 Å². The molecule has 0 radical (unpaired) electrons. The Balaban J connectivity index is 1.35. The first kappa shape index (κ1) is 15.0. The summed E-state index contributed by atoms with van der Waals surface area (Å²) in [6.07, 6.45) is 1.20. The fourth-order valence-corrected chi connectivity index (χ4v) is 3.37. The van der Waals surface area contributed by atoms with Crippen molar-refractivity contribution in [1.82, 2.24) is 4.90 Å². The van der Waals surface area contributed by atoms with Crippen molar-refractivity contribution in [3.63, 3.8) is 0 Å². The molecule has 0 spiro atoms. The number of aliphatic hydroxyl groups is 1. The molecule has 2 heterocycles. The van der Waals surface area contributed by atoms with Crippen molar-refractivity contribution in [3.05, 3.63) is 23.8 Å². The van der Waals surface area contributed by atoms with E-state index in [2.05, 4.69) is 4.90 Å². The molecular weight excluding hydrogens is 290 g/mol. The van der Waals surface area contributed by atoms with Gasteiger partial charge in [-0.2, -0.15) is 11.8 Å². The lowest BCUT2D eigenvalue weighted by molar-refractivity contribution is -0.133. The maximum atomic E-state index is 9.25. The van der Waals surface area contributed by atoms with Gasteiger partial charge in [-0.3, -0.25) is 4.90 Å². The molecule has 0 aromatic heterocycles. The van der Waals surface area contributed by atoms with Gasteiger partial charge in [-0.15, -0.1) is 0 Å². The predicted molar refractivity (Wildman–Crippen MR) is 81.7 cm³/mol. The SMILES string of the molecule is OC1Oc2ccc(CSCCCN3CCOCC3)cc2O1. The second kappa shape index (κ2) is 7.35. The van der Waals surface area contributed by atoms with Crippen LogP contribution in [0.25, 0.3) is 0 Å². The molecule has 0 bridgehead atoms. The molecule has 0 saturated carbocycles. The summed E-state index contributed by atoms with van der Waals surface area (Å²) in [7, 11) is 0. The molecule has 0 aliphatic carbocycles. The normalized spacial score (nSPS) is 21.7. The average molecular weight is 311 g/mol. The highest BCUT2D eigenvalue weighted by molar-refractivity contribution is 7.98. The molecule has 1 atom stereocenters. The summed E-state index contributed by atoms with van der Waals surface area (Å²) in [5.74, 6) is 3.35. The lowest BCUT2D eigenvalue weighted by Crippen LogP contribution is -2.36. The lowest BCUT2D eigenvalue weighted by Gasteiger charge is -2.26. The number of fused-ring (bicyclic) bond motifs is 1. The van der Waals surface area contributed by atoms with Gasteiger partial charge in [-0.25, -0.2) is 0 Å². The van der Waals surface area contributed by atoms with Gasteiger partial charge in [0.1, 0.15) is 0 Å². The van der Waals surface area contributed by atoms with Crippen molar-refractivity contribution >= 4 is 11.8 Å². The third-order valence-electron chi connectivity index (χ3n) is 3.60. The topological polar surface area (TPSA) is 51.2 Å². The summed E-state index contributed by atoms with van der Waals surface area (Å²) in [6.45, 7) is 3.87. The first-order chi connectivity index (χ1) is 10.3.